The fourth-order valence-electron chi connectivity index (χ4n) is 3.78. The molecule has 1 heterocycles. The van der Waals surface area contributed by atoms with Crippen molar-refractivity contribution in [1.82, 2.24) is 15.1 Å². The van der Waals surface area contributed by atoms with Gasteiger partial charge in [0.1, 0.15) is 11.6 Å². The number of benzene rings is 3. The van der Waals surface area contributed by atoms with Crippen molar-refractivity contribution in [3.63, 3.8) is 0 Å². The van der Waals surface area contributed by atoms with Crippen LogP contribution in [0, 0.1) is 11.3 Å². The van der Waals surface area contributed by atoms with Gasteiger partial charge in [0.2, 0.25) is 0 Å². The molecular formula is C29H26N4O3. The second-order valence-corrected chi connectivity index (χ2v) is 8.02. The van der Waals surface area contributed by atoms with Crippen LogP contribution < -0.4 is 14.8 Å². The predicted molar refractivity (Wildman–Crippen MR) is 138 cm³/mol. The molecule has 180 valence electrons. The van der Waals surface area contributed by atoms with Gasteiger partial charge in [-0.1, -0.05) is 60.7 Å². The summed E-state index contributed by atoms with van der Waals surface area (Å²) in [6.45, 7) is 0.867. The summed E-state index contributed by atoms with van der Waals surface area (Å²) in [7, 11) is 3.15. The third-order valence-electron chi connectivity index (χ3n) is 5.60. The smallest absolute Gasteiger partial charge is 0.262 e. The van der Waals surface area contributed by atoms with Crippen molar-refractivity contribution in [2.75, 3.05) is 14.2 Å². The molecule has 4 aromatic rings. The zero-order valence-corrected chi connectivity index (χ0v) is 20.1. The van der Waals surface area contributed by atoms with Crippen molar-refractivity contribution < 1.29 is 14.3 Å². The Hall–Kier alpha value is -4.83. The number of rotatable bonds is 9. The van der Waals surface area contributed by atoms with E-state index in [0.29, 0.717) is 35.8 Å². The van der Waals surface area contributed by atoms with Gasteiger partial charge in [0.05, 0.1) is 26.5 Å². The van der Waals surface area contributed by atoms with Gasteiger partial charge in [-0.15, -0.1) is 0 Å². The average Bonchev–Trinajstić information content (AvgIpc) is 3.32. The Bertz CT molecular complexity index is 1400. The lowest BCUT2D eigenvalue weighted by atomic mass is 10.0. The molecule has 3 aromatic carbocycles. The number of hydrogen-bond donors (Lipinski definition) is 1. The molecule has 0 unspecified atom stereocenters. The van der Waals surface area contributed by atoms with Crippen LogP contribution in [0.3, 0.4) is 0 Å². The molecule has 1 aromatic heterocycles. The van der Waals surface area contributed by atoms with Crippen LogP contribution in [0.4, 0.5) is 0 Å². The lowest BCUT2D eigenvalue weighted by Crippen LogP contribution is -2.23. The number of carbonyl (C=O) groups excluding carboxylic acids is 1. The number of methoxy groups -OCH3 is 2. The van der Waals surface area contributed by atoms with Crippen LogP contribution in [-0.4, -0.2) is 29.9 Å². The summed E-state index contributed by atoms with van der Waals surface area (Å²) in [6.07, 6.45) is 3.40. The Morgan fingerprint density at radius 1 is 0.972 bits per heavy atom. The van der Waals surface area contributed by atoms with Crippen molar-refractivity contribution in [2.24, 2.45) is 0 Å². The minimum atomic E-state index is -0.449. The standard InChI is InChI=1S/C29H26N4O3/c1-35-26-14-13-23(16-27(26)36-2)28-25(20-33(32-28)19-22-11-7-4-8-12-22)15-24(17-30)29(34)31-18-21-9-5-3-6-10-21/h3-16,20H,18-19H2,1-2H3,(H,31,34)/b24-15-. The number of nitrogens with zero attached hydrogens (tertiary/aromatic N) is 3. The first kappa shape index (κ1) is 24.3. The zero-order valence-electron chi connectivity index (χ0n) is 20.1. The van der Waals surface area contributed by atoms with Crippen molar-refractivity contribution >= 4 is 12.0 Å². The molecule has 7 heteroatoms. The van der Waals surface area contributed by atoms with Gasteiger partial charge in [0.15, 0.2) is 11.5 Å². The summed E-state index contributed by atoms with van der Waals surface area (Å²) >= 11 is 0. The van der Waals surface area contributed by atoms with Crippen molar-refractivity contribution in [1.29, 1.82) is 5.26 Å². The van der Waals surface area contributed by atoms with E-state index in [4.69, 9.17) is 14.6 Å². The Labute approximate surface area is 210 Å². The van der Waals surface area contributed by atoms with Crippen LogP contribution in [0.5, 0.6) is 11.5 Å². The average molecular weight is 479 g/mol. The molecule has 0 bridgehead atoms. The Kier molecular flexibility index (Phi) is 7.79. The van der Waals surface area contributed by atoms with Crippen molar-refractivity contribution in [3.05, 3.63) is 107 Å². The Morgan fingerprint density at radius 2 is 1.64 bits per heavy atom. The second kappa shape index (κ2) is 11.5. The molecule has 0 atom stereocenters. The first-order valence-corrected chi connectivity index (χ1v) is 11.4. The van der Waals surface area contributed by atoms with E-state index < -0.39 is 5.91 Å². The first-order chi connectivity index (χ1) is 17.6. The number of hydrogen-bond acceptors (Lipinski definition) is 5. The highest BCUT2D eigenvalue weighted by molar-refractivity contribution is 6.02. The van der Waals surface area contributed by atoms with E-state index >= 15 is 0 Å². The third kappa shape index (κ3) is 5.80. The first-order valence-electron chi connectivity index (χ1n) is 11.4. The van der Waals surface area contributed by atoms with Gasteiger partial charge in [0, 0.05) is 23.9 Å². The molecule has 0 aliphatic carbocycles. The van der Waals surface area contributed by atoms with Crippen LogP contribution in [0.15, 0.2) is 90.6 Å². The van der Waals surface area contributed by atoms with Crippen LogP contribution in [-0.2, 0) is 17.9 Å². The molecule has 7 nitrogen and oxygen atoms in total. The number of nitrogens with one attached hydrogen (secondary N) is 1. The van der Waals surface area contributed by atoms with Gasteiger partial charge in [-0.05, 0) is 35.4 Å². The predicted octanol–water partition coefficient (Wildman–Crippen LogP) is 4.84. The lowest BCUT2D eigenvalue weighted by molar-refractivity contribution is -0.117. The Morgan fingerprint density at radius 3 is 2.28 bits per heavy atom. The van der Waals surface area contributed by atoms with Crippen LogP contribution >= 0.6 is 0 Å². The van der Waals surface area contributed by atoms with Gasteiger partial charge in [0.25, 0.3) is 5.91 Å². The van der Waals surface area contributed by atoms with E-state index in [0.717, 1.165) is 16.7 Å². The summed E-state index contributed by atoms with van der Waals surface area (Å²) in [5.41, 5.74) is 4.06. The summed E-state index contributed by atoms with van der Waals surface area (Å²) in [4.78, 5) is 12.8. The second-order valence-electron chi connectivity index (χ2n) is 8.02. The quantitative estimate of drug-likeness (QED) is 0.275. The van der Waals surface area contributed by atoms with Crippen LogP contribution in [0.25, 0.3) is 17.3 Å². The lowest BCUT2D eigenvalue weighted by Gasteiger charge is -2.09. The minimum Gasteiger partial charge on any atom is -0.493 e. The number of amides is 1. The molecule has 0 fully saturated rings. The molecule has 0 radical (unpaired) electrons. The molecule has 0 saturated carbocycles. The number of carbonyl (C=O) groups is 1. The van der Waals surface area contributed by atoms with Gasteiger partial charge in [-0.25, -0.2) is 0 Å². The zero-order chi connectivity index (χ0) is 25.3. The third-order valence-corrected chi connectivity index (χ3v) is 5.60. The van der Waals surface area contributed by atoms with Crippen LogP contribution in [0.1, 0.15) is 16.7 Å². The SMILES string of the molecule is COc1ccc(-c2nn(Cc3ccccc3)cc2/C=C(/C#N)C(=O)NCc2ccccc2)cc1OC. The van der Waals surface area contributed by atoms with Crippen molar-refractivity contribution in [3.8, 4) is 28.8 Å². The summed E-state index contributed by atoms with van der Waals surface area (Å²) < 4.78 is 12.6. The van der Waals surface area contributed by atoms with E-state index in [9.17, 15) is 10.1 Å². The van der Waals surface area contributed by atoms with Gasteiger partial charge >= 0.3 is 0 Å². The fraction of sp³-hybridized carbons (Fsp3) is 0.138. The summed E-state index contributed by atoms with van der Waals surface area (Å²) in [5.74, 6) is 0.708. The molecular weight excluding hydrogens is 452 g/mol. The highest BCUT2D eigenvalue weighted by atomic mass is 16.5. The summed E-state index contributed by atoms with van der Waals surface area (Å²) in [6, 6.07) is 27.0. The number of aromatic nitrogens is 2. The molecule has 4 rings (SSSR count). The highest BCUT2D eigenvalue weighted by Crippen LogP contribution is 2.33. The molecule has 1 amide bonds. The molecule has 36 heavy (non-hydrogen) atoms. The van der Waals surface area contributed by atoms with Crippen molar-refractivity contribution in [2.45, 2.75) is 13.1 Å². The molecule has 0 aliphatic rings. The van der Waals surface area contributed by atoms with E-state index in [1.54, 1.807) is 31.0 Å². The largest absolute Gasteiger partial charge is 0.493 e. The highest BCUT2D eigenvalue weighted by Gasteiger charge is 2.16. The van der Waals surface area contributed by atoms with Gasteiger partial charge in [-0.2, -0.15) is 10.4 Å². The Balaban J connectivity index is 1.69. The van der Waals surface area contributed by atoms with E-state index in [2.05, 4.69) is 5.32 Å². The van der Waals surface area contributed by atoms with Crippen LogP contribution in [0.2, 0.25) is 0 Å². The maximum absolute atomic E-state index is 12.8. The molecule has 0 saturated heterocycles. The monoisotopic (exact) mass is 478 g/mol. The number of ether oxygens (including phenoxy) is 2. The normalized spacial score (nSPS) is 11.0. The van der Waals surface area contributed by atoms with Gasteiger partial charge < -0.3 is 14.8 Å². The fourth-order valence-corrected chi connectivity index (χ4v) is 3.78. The van der Waals surface area contributed by atoms with E-state index in [1.165, 1.54) is 0 Å². The molecule has 0 aliphatic heterocycles. The molecule has 1 N–H and O–H groups in total. The topological polar surface area (TPSA) is 89.2 Å². The minimum absolute atomic E-state index is 0.00748. The maximum atomic E-state index is 12.8. The summed E-state index contributed by atoms with van der Waals surface area (Å²) in [5, 5.41) is 17.4. The van der Waals surface area contributed by atoms with E-state index in [-0.39, 0.29) is 5.57 Å². The molecule has 0 spiro atoms. The number of nitriles is 1. The van der Waals surface area contributed by atoms with Gasteiger partial charge in [-0.3, -0.25) is 9.48 Å². The maximum Gasteiger partial charge on any atom is 0.262 e. The van der Waals surface area contributed by atoms with E-state index in [1.807, 2.05) is 85.1 Å².